The SMILES string of the molecule is COc1ccccc1-n1c(=S)[nH]c(=O)c2c(C(F)(F)F)cc(-c3ccc(C)cc3)nc21. The summed E-state index contributed by atoms with van der Waals surface area (Å²) in [6.45, 7) is 1.87. The highest BCUT2D eigenvalue weighted by Crippen LogP contribution is 2.36. The van der Waals surface area contributed by atoms with Crippen molar-refractivity contribution < 1.29 is 17.9 Å². The van der Waals surface area contributed by atoms with Gasteiger partial charge in [-0.25, -0.2) is 4.98 Å². The van der Waals surface area contributed by atoms with Crippen molar-refractivity contribution in [2.75, 3.05) is 7.11 Å². The van der Waals surface area contributed by atoms with E-state index in [9.17, 15) is 18.0 Å². The van der Waals surface area contributed by atoms with Crippen LogP contribution in [0.25, 0.3) is 28.0 Å². The van der Waals surface area contributed by atoms with Gasteiger partial charge in [-0.3, -0.25) is 14.3 Å². The van der Waals surface area contributed by atoms with Gasteiger partial charge in [-0.1, -0.05) is 42.0 Å². The number of benzene rings is 2. The molecule has 2 aromatic carbocycles. The number of para-hydroxylation sites is 2. The number of nitrogens with zero attached hydrogens (tertiary/aromatic N) is 2. The molecule has 2 heterocycles. The Bertz CT molecular complexity index is 1410. The topological polar surface area (TPSA) is 59.9 Å². The number of aryl methyl sites for hydroxylation is 1. The fourth-order valence-corrected chi connectivity index (χ4v) is 3.64. The highest BCUT2D eigenvalue weighted by molar-refractivity contribution is 7.71. The lowest BCUT2D eigenvalue weighted by Crippen LogP contribution is -2.20. The van der Waals surface area contributed by atoms with Crippen molar-refractivity contribution in [1.82, 2.24) is 14.5 Å². The predicted molar refractivity (Wildman–Crippen MR) is 114 cm³/mol. The number of methoxy groups -OCH3 is 1. The first-order valence-electron chi connectivity index (χ1n) is 9.18. The molecule has 0 saturated heterocycles. The van der Waals surface area contributed by atoms with Crippen molar-refractivity contribution in [3.63, 3.8) is 0 Å². The monoisotopic (exact) mass is 443 g/mol. The molecule has 0 saturated carbocycles. The second-order valence-electron chi connectivity index (χ2n) is 6.88. The second-order valence-corrected chi connectivity index (χ2v) is 7.27. The molecular weight excluding hydrogens is 427 g/mol. The minimum Gasteiger partial charge on any atom is -0.495 e. The molecular formula is C22H16F3N3O2S. The van der Waals surface area contributed by atoms with Crippen LogP contribution in [0.3, 0.4) is 0 Å². The van der Waals surface area contributed by atoms with Gasteiger partial charge in [-0.2, -0.15) is 13.2 Å². The molecule has 5 nitrogen and oxygen atoms in total. The molecule has 4 rings (SSSR count). The van der Waals surface area contributed by atoms with Crippen LogP contribution in [0.1, 0.15) is 11.1 Å². The molecule has 0 atom stereocenters. The molecule has 0 amide bonds. The molecule has 9 heteroatoms. The zero-order valence-electron chi connectivity index (χ0n) is 16.4. The highest BCUT2D eigenvalue weighted by atomic mass is 32.1. The van der Waals surface area contributed by atoms with Crippen molar-refractivity contribution in [3.8, 4) is 22.7 Å². The molecule has 1 N–H and O–H groups in total. The van der Waals surface area contributed by atoms with Gasteiger partial charge < -0.3 is 4.74 Å². The van der Waals surface area contributed by atoms with Crippen LogP contribution in [0.5, 0.6) is 5.75 Å². The number of nitrogens with one attached hydrogen (secondary N) is 1. The van der Waals surface area contributed by atoms with Crippen LogP contribution in [0, 0.1) is 11.7 Å². The van der Waals surface area contributed by atoms with Crippen LogP contribution in [-0.4, -0.2) is 21.6 Å². The molecule has 0 aliphatic carbocycles. The van der Waals surface area contributed by atoms with E-state index in [0.29, 0.717) is 17.0 Å². The van der Waals surface area contributed by atoms with E-state index in [2.05, 4.69) is 9.97 Å². The zero-order chi connectivity index (χ0) is 22.3. The molecule has 0 radical (unpaired) electrons. The normalized spacial score (nSPS) is 11.6. The van der Waals surface area contributed by atoms with Crippen molar-refractivity contribution >= 4 is 23.3 Å². The second kappa shape index (κ2) is 7.66. The molecule has 0 fully saturated rings. The van der Waals surface area contributed by atoms with E-state index in [1.165, 1.54) is 11.7 Å². The summed E-state index contributed by atoms with van der Waals surface area (Å²) in [6.07, 6.45) is -4.78. The van der Waals surface area contributed by atoms with Crippen LogP contribution in [0.15, 0.2) is 59.4 Å². The van der Waals surface area contributed by atoms with Crippen LogP contribution < -0.4 is 10.3 Å². The Labute approximate surface area is 179 Å². The number of H-pyrrole nitrogens is 1. The van der Waals surface area contributed by atoms with Crippen molar-refractivity contribution in [1.29, 1.82) is 0 Å². The number of aromatic nitrogens is 3. The van der Waals surface area contributed by atoms with Gasteiger partial charge in [0.2, 0.25) is 0 Å². The van der Waals surface area contributed by atoms with E-state index in [-0.39, 0.29) is 16.1 Å². The number of rotatable bonds is 3. The van der Waals surface area contributed by atoms with E-state index in [4.69, 9.17) is 17.0 Å². The third kappa shape index (κ3) is 3.72. The number of halogens is 3. The number of hydrogen-bond acceptors (Lipinski definition) is 4. The molecule has 4 aromatic rings. The summed E-state index contributed by atoms with van der Waals surface area (Å²) in [5.41, 5.74) is -0.385. The van der Waals surface area contributed by atoms with Crippen LogP contribution in [0.4, 0.5) is 13.2 Å². The maximum absolute atomic E-state index is 14.0. The lowest BCUT2D eigenvalue weighted by molar-refractivity contribution is -0.136. The van der Waals surface area contributed by atoms with Gasteiger partial charge in [-0.05, 0) is 37.3 Å². The summed E-state index contributed by atoms with van der Waals surface area (Å²) in [5, 5.41) is -0.595. The Kier molecular flexibility index (Phi) is 5.14. The van der Waals surface area contributed by atoms with Gasteiger partial charge in [0.15, 0.2) is 10.4 Å². The average Bonchev–Trinajstić information content (AvgIpc) is 2.73. The number of ether oxygens (including phenoxy) is 1. The Balaban J connectivity index is 2.19. The highest BCUT2D eigenvalue weighted by Gasteiger charge is 2.35. The Morgan fingerprint density at radius 3 is 2.42 bits per heavy atom. The number of aromatic amines is 1. The standard InChI is InChI=1S/C22H16F3N3O2S/c1-12-7-9-13(10-8-12)15-11-14(22(23,24)25)18-19(26-15)28(21(31)27-20(18)29)16-5-3-4-6-17(16)30-2/h3-11H,1-2H3,(H,27,29,31). The van der Waals surface area contributed by atoms with Gasteiger partial charge in [0.05, 0.1) is 29.4 Å². The minimum absolute atomic E-state index is 0.0727. The summed E-state index contributed by atoms with van der Waals surface area (Å²) < 4.78 is 48.5. The number of hydrogen-bond donors (Lipinski definition) is 1. The fraction of sp³-hybridized carbons (Fsp3) is 0.136. The van der Waals surface area contributed by atoms with Crippen molar-refractivity contribution in [2.24, 2.45) is 0 Å². The Morgan fingerprint density at radius 1 is 1.10 bits per heavy atom. The molecule has 2 aromatic heterocycles. The van der Waals surface area contributed by atoms with Crippen molar-refractivity contribution in [3.05, 3.63) is 80.8 Å². The zero-order valence-corrected chi connectivity index (χ0v) is 17.3. The first-order valence-corrected chi connectivity index (χ1v) is 9.59. The van der Waals surface area contributed by atoms with Gasteiger partial charge >= 0.3 is 6.18 Å². The summed E-state index contributed by atoms with van der Waals surface area (Å²) in [4.78, 5) is 19.4. The van der Waals surface area contributed by atoms with Crippen molar-refractivity contribution in [2.45, 2.75) is 13.1 Å². The third-order valence-corrected chi connectivity index (χ3v) is 5.13. The lowest BCUT2D eigenvalue weighted by atomic mass is 10.0. The molecule has 0 aliphatic heterocycles. The van der Waals surface area contributed by atoms with Gasteiger partial charge in [-0.15, -0.1) is 0 Å². The summed E-state index contributed by atoms with van der Waals surface area (Å²) in [5.74, 6) is 0.364. The molecule has 31 heavy (non-hydrogen) atoms. The molecule has 0 bridgehead atoms. The first kappa shape index (κ1) is 20.8. The van der Waals surface area contributed by atoms with E-state index in [1.807, 2.05) is 6.92 Å². The fourth-order valence-electron chi connectivity index (χ4n) is 3.36. The molecule has 158 valence electrons. The third-order valence-electron chi connectivity index (χ3n) is 4.84. The van der Waals surface area contributed by atoms with Crippen LogP contribution in [-0.2, 0) is 6.18 Å². The van der Waals surface area contributed by atoms with Crippen LogP contribution >= 0.6 is 12.2 Å². The first-order chi connectivity index (χ1) is 14.7. The van der Waals surface area contributed by atoms with E-state index < -0.39 is 22.7 Å². The average molecular weight is 443 g/mol. The number of alkyl halides is 3. The molecule has 0 unspecified atom stereocenters. The van der Waals surface area contributed by atoms with E-state index >= 15 is 0 Å². The Hall–Kier alpha value is -3.46. The molecule has 0 spiro atoms. The maximum atomic E-state index is 14.0. The summed E-state index contributed by atoms with van der Waals surface area (Å²) in [7, 11) is 1.43. The van der Waals surface area contributed by atoms with Gasteiger partial charge in [0.25, 0.3) is 5.56 Å². The summed E-state index contributed by atoms with van der Waals surface area (Å²) in [6, 6.07) is 14.5. The smallest absolute Gasteiger partial charge is 0.417 e. The Morgan fingerprint density at radius 2 is 1.77 bits per heavy atom. The lowest BCUT2D eigenvalue weighted by Gasteiger charge is -2.17. The van der Waals surface area contributed by atoms with Gasteiger partial charge in [0, 0.05) is 5.56 Å². The number of fused-ring (bicyclic) bond motifs is 1. The largest absolute Gasteiger partial charge is 0.495 e. The number of pyridine rings is 1. The van der Waals surface area contributed by atoms with Crippen LogP contribution in [0.2, 0.25) is 0 Å². The molecule has 0 aliphatic rings. The van der Waals surface area contributed by atoms with Gasteiger partial charge in [0.1, 0.15) is 5.75 Å². The predicted octanol–water partition coefficient (Wildman–Crippen LogP) is 5.45. The quantitative estimate of drug-likeness (QED) is 0.428. The van der Waals surface area contributed by atoms with E-state index in [0.717, 1.165) is 11.6 Å². The minimum atomic E-state index is -4.78. The maximum Gasteiger partial charge on any atom is 0.417 e. The van der Waals surface area contributed by atoms with E-state index in [1.54, 1.807) is 48.5 Å². The summed E-state index contributed by atoms with van der Waals surface area (Å²) >= 11 is 5.30.